The first-order valence-electron chi connectivity index (χ1n) is 8.52. The molecule has 0 aliphatic rings. The molecule has 0 radical (unpaired) electrons. The van der Waals surface area contributed by atoms with Crippen molar-refractivity contribution in [2.75, 3.05) is 53.5 Å². The minimum absolute atomic E-state index is 0.0702. The van der Waals surface area contributed by atoms with Crippen LogP contribution in [0.15, 0.2) is 4.99 Å². The fourth-order valence-corrected chi connectivity index (χ4v) is 2.18. The number of nitrogens with zero attached hydrogens (tertiary/aromatic N) is 2. The van der Waals surface area contributed by atoms with Crippen LogP contribution in [-0.4, -0.2) is 76.3 Å². The van der Waals surface area contributed by atoms with Crippen molar-refractivity contribution in [2.45, 2.75) is 39.7 Å². The Kier molecular flexibility index (Phi) is 13.4. The summed E-state index contributed by atoms with van der Waals surface area (Å²) in [4.78, 5) is 18.2. The molecule has 7 nitrogen and oxygen atoms in total. The zero-order valence-electron chi connectivity index (χ0n) is 15.4. The standard InChI is InChI=1S/C16H35N5O2/c1-6-21(7-2)11-8-9-14(3)20-16(17-4)19-13-15(22)18-10-12-23-5/h14H,6-13H2,1-5H3,(H,18,22)(H2,17,19,20). The van der Waals surface area contributed by atoms with Gasteiger partial charge in [-0.3, -0.25) is 9.79 Å². The van der Waals surface area contributed by atoms with Crippen molar-refractivity contribution in [3.8, 4) is 0 Å². The van der Waals surface area contributed by atoms with Gasteiger partial charge in [-0.05, 0) is 39.4 Å². The van der Waals surface area contributed by atoms with Crippen molar-refractivity contribution < 1.29 is 9.53 Å². The van der Waals surface area contributed by atoms with E-state index in [9.17, 15) is 4.79 Å². The summed E-state index contributed by atoms with van der Waals surface area (Å²) in [5.74, 6) is 0.585. The second kappa shape index (κ2) is 14.3. The molecule has 1 unspecified atom stereocenters. The van der Waals surface area contributed by atoms with Crippen molar-refractivity contribution in [2.24, 2.45) is 4.99 Å². The molecule has 0 aliphatic carbocycles. The summed E-state index contributed by atoms with van der Waals surface area (Å²) in [6.45, 7) is 11.1. The Bertz CT molecular complexity index is 332. The Morgan fingerprint density at radius 1 is 1.26 bits per heavy atom. The van der Waals surface area contributed by atoms with Crippen LogP contribution in [0.25, 0.3) is 0 Å². The second-order valence-corrected chi connectivity index (χ2v) is 5.48. The lowest BCUT2D eigenvalue weighted by Gasteiger charge is -2.21. The van der Waals surface area contributed by atoms with Crippen molar-refractivity contribution in [1.82, 2.24) is 20.9 Å². The van der Waals surface area contributed by atoms with Crippen LogP contribution in [0.4, 0.5) is 0 Å². The van der Waals surface area contributed by atoms with Crippen LogP contribution >= 0.6 is 0 Å². The highest BCUT2D eigenvalue weighted by Gasteiger charge is 2.08. The van der Waals surface area contributed by atoms with Gasteiger partial charge in [0.25, 0.3) is 0 Å². The number of carbonyl (C=O) groups excluding carboxylic acids is 1. The maximum absolute atomic E-state index is 11.6. The van der Waals surface area contributed by atoms with Crippen molar-refractivity contribution in [3.05, 3.63) is 0 Å². The molecule has 0 saturated carbocycles. The Morgan fingerprint density at radius 3 is 2.52 bits per heavy atom. The van der Waals surface area contributed by atoms with Gasteiger partial charge in [0.15, 0.2) is 5.96 Å². The number of carbonyl (C=O) groups is 1. The third kappa shape index (κ3) is 11.8. The van der Waals surface area contributed by atoms with E-state index in [0.717, 1.165) is 32.5 Å². The highest BCUT2D eigenvalue weighted by molar-refractivity contribution is 5.86. The molecule has 23 heavy (non-hydrogen) atoms. The molecular formula is C16H35N5O2. The van der Waals surface area contributed by atoms with Gasteiger partial charge >= 0.3 is 0 Å². The van der Waals surface area contributed by atoms with Crippen LogP contribution in [0.1, 0.15) is 33.6 Å². The Balaban J connectivity index is 3.92. The van der Waals surface area contributed by atoms with E-state index in [4.69, 9.17) is 4.74 Å². The quantitative estimate of drug-likeness (QED) is 0.275. The summed E-state index contributed by atoms with van der Waals surface area (Å²) in [7, 11) is 3.32. The molecule has 1 atom stereocenters. The number of aliphatic imine (C=N–C) groups is 1. The first-order chi connectivity index (χ1) is 11.1. The lowest BCUT2D eigenvalue weighted by Crippen LogP contribution is -2.46. The number of ether oxygens (including phenoxy) is 1. The molecule has 0 spiro atoms. The largest absolute Gasteiger partial charge is 0.383 e. The molecule has 0 aromatic heterocycles. The maximum atomic E-state index is 11.6. The van der Waals surface area contributed by atoms with Gasteiger partial charge in [-0.15, -0.1) is 0 Å². The first-order valence-corrected chi connectivity index (χ1v) is 8.52. The van der Waals surface area contributed by atoms with Gasteiger partial charge in [0.05, 0.1) is 13.2 Å². The molecule has 0 aromatic carbocycles. The van der Waals surface area contributed by atoms with Gasteiger partial charge in [-0.2, -0.15) is 0 Å². The second-order valence-electron chi connectivity index (χ2n) is 5.48. The number of hydrogen-bond donors (Lipinski definition) is 3. The van der Waals surface area contributed by atoms with Crippen LogP contribution in [0.2, 0.25) is 0 Å². The molecule has 0 heterocycles. The first kappa shape index (κ1) is 21.7. The van der Waals surface area contributed by atoms with E-state index in [1.165, 1.54) is 0 Å². The van der Waals surface area contributed by atoms with Gasteiger partial charge in [0.1, 0.15) is 0 Å². The zero-order valence-corrected chi connectivity index (χ0v) is 15.4. The lowest BCUT2D eigenvalue weighted by molar-refractivity contribution is -0.120. The molecule has 3 N–H and O–H groups in total. The van der Waals surface area contributed by atoms with E-state index in [1.54, 1.807) is 14.2 Å². The van der Waals surface area contributed by atoms with E-state index in [2.05, 4.69) is 46.6 Å². The highest BCUT2D eigenvalue weighted by Crippen LogP contribution is 1.99. The third-order valence-corrected chi connectivity index (χ3v) is 3.66. The van der Waals surface area contributed by atoms with Crippen molar-refractivity contribution >= 4 is 11.9 Å². The number of guanidine groups is 1. The minimum Gasteiger partial charge on any atom is -0.383 e. The number of amides is 1. The van der Waals surface area contributed by atoms with Crippen LogP contribution in [0.3, 0.4) is 0 Å². The summed E-state index contributed by atoms with van der Waals surface area (Å²) in [6.07, 6.45) is 2.21. The van der Waals surface area contributed by atoms with Crippen LogP contribution in [0, 0.1) is 0 Å². The van der Waals surface area contributed by atoms with Crippen LogP contribution in [0.5, 0.6) is 0 Å². The average Bonchev–Trinajstić information content (AvgIpc) is 2.55. The van der Waals surface area contributed by atoms with Crippen molar-refractivity contribution in [1.29, 1.82) is 0 Å². The zero-order chi connectivity index (χ0) is 17.5. The van der Waals surface area contributed by atoms with E-state index in [-0.39, 0.29) is 12.5 Å². The van der Waals surface area contributed by atoms with Gasteiger partial charge in [0, 0.05) is 26.7 Å². The monoisotopic (exact) mass is 329 g/mol. The fourth-order valence-electron chi connectivity index (χ4n) is 2.18. The molecule has 0 rings (SSSR count). The van der Waals surface area contributed by atoms with Gasteiger partial charge in [-0.1, -0.05) is 13.8 Å². The fraction of sp³-hybridized carbons (Fsp3) is 0.875. The third-order valence-electron chi connectivity index (χ3n) is 3.66. The Labute approximate surface area is 141 Å². The molecule has 7 heteroatoms. The number of hydrogen-bond acceptors (Lipinski definition) is 4. The molecule has 0 fully saturated rings. The smallest absolute Gasteiger partial charge is 0.239 e. The lowest BCUT2D eigenvalue weighted by atomic mass is 10.2. The normalized spacial score (nSPS) is 13.0. The molecule has 0 saturated heterocycles. The van der Waals surface area contributed by atoms with Gasteiger partial charge in [0.2, 0.25) is 5.91 Å². The van der Waals surface area contributed by atoms with E-state index in [0.29, 0.717) is 25.2 Å². The minimum atomic E-state index is -0.0702. The van der Waals surface area contributed by atoms with E-state index in [1.807, 2.05) is 0 Å². The Morgan fingerprint density at radius 2 is 1.96 bits per heavy atom. The average molecular weight is 329 g/mol. The van der Waals surface area contributed by atoms with E-state index < -0.39 is 0 Å². The van der Waals surface area contributed by atoms with E-state index >= 15 is 0 Å². The summed E-state index contributed by atoms with van der Waals surface area (Å²) in [6, 6.07) is 0.313. The molecule has 1 amide bonds. The topological polar surface area (TPSA) is 78.0 Å². The number of methoxy groups -OCH3 is 1. The summed E-state index contributed by atoms with van der Waals surface area (Å²) in [5, 5.41) is 9.10. The number of rotatable bonds is 12. The SMILES string of the molecule is CCN(CC)CCCC(C)NC(=NC)NCC(=O)NCCOC. The van der Waals surface area contributed by atoms with Gasteiger partial charge in [-0.25, -0.2) is 0 Å². The summed E-state index contributed by atoms with van der Waals surface area (Å²) < 4.78 is 4.89. The maximum Gasteiger partial charge on any atom is 0.239 e. The molecule has 0 aromatic rings. The predicted octanol–water partition coefficient (Wildman–Crippen LogP) is 0.425. The molecule has 136 valence electrons. The number of nitrogens with one attached hydrogen (secondary N) is 3. The Hall–Kier alpha value is -1.34. The van der Waals surface area contributed by atoms with Crippen LogP contribution < -0.4 is 16.0 Å². The molecule has 0 bridgehead atoms. The van der Waals surface area contributed by atoms with Crippen molar-refractivity contribution in [3.63, 3.8) is 0 Å². The summed E-state index contributed by atoms with van der Waals surface area (Å²) >= 11 is 0. The molecular weight excluding hydrogens is 294 g/mol. The molecule has 0 aliphatic heterocycles. The highest BCUT2D eigenvalue weighted by atomic mass is 16.5. The van der Waals surface area contributed by atoms with Gasteiger partial charge < -0.3 is 25.6 Å². The van der Waals surface area contributed by atoms with Crippen LogP contribution in [-0.2, 0) is 9.53 Å². The summed E-state index contributed by atoms with van der Waals surface area (Å²) in [5.41, 5.74) is 0. The predicted molar refractivity (Wildman–Crippen MR) is 95.9 cm³/mol.